The smallest absolute Gasteiger partial charge is 0.255 e. The maximum Gasteiger partial charge on any atom is 0.255 e. The number of rotatable bonds is 4. The molecule has 1 saturated heterocycles. The zero-order valence-electron chi connectivity index (χ0n) is 15.6. The van der Waals surface area contributed by atoms with E-state index >= 15 is 0 Å². The lowest BCUT2D eigenvalue weighted by atomic mass is 9.95. The number of fused-ring (bicyclic) bond motifs is 1. The molecule has 1 fully saturated rings. The number of carbonyl (C=O) groups excluding carboxylic acids is 3. The number of piperidine rings is 1. The number of hydrogen-bond acceptors (Lipinski definition) is 3. The average molecular weight is 377 g/mol. The van der Waals surface area contributed by atoms with Gasteiger partial charge in [-0.25, -0.2) is 0 Å². The second-order valence-electron chi connectivity index (χ2n) is 7.41. The van der Waals surface area contributed by atoms with Gasteiger partial charge in [-0.3, -0.25) is 14.4 Å². The highest BCUT2D eigenvalue weighted by Gasteiger charge is 2.40. The number of likely N-dealkylation sites (tertiary alicyclic amines) is 1. The summed E-state index contributed by atoms with van der Waals surface area (Å²) in [5.41, 5.74) is 7.80. The predicted octanol–water partition coefficient (Wildman–Crippen LogP) is 2.11. The van der Waals surface area contributed by atoms with Gasteiger partial charge in [-0.05, 0) is 30.0 Å². The van der Waals surface area contributed by atoms with Gasteiger partial charge in [0, 0.05) is 31.1 Å². The molecule has 2 aliphatic heterocycles. The molecule has 0 saturated carbocycles. The van der Waals surface area contributed by atoms with E-state index in [1.54, 1.807) is 9.80 Å². The van der Waals surface area contributed by atoms with E-state index in [0.29, 0.717) is 38.0 Å². The quantitative estimate of drug-likeness (QED) is 0.886. The fourth-order valence-electron chi connectivity index (χ4n) is 4.13. The van der Waals surface area contributed by atoms with Crippen molar-refractivity contribution in [2.75, 3.05) is 13.1 Å². The third kappa shape index (κ3) is 3.26. The zero-order chi connectivity index (χ0) is 19.7. The van der Waals surface area contributed by atoms with Gasteiger partial charge in [0.1, 0.15) is 6.04 Å². The van der Waals surface area contributed by atoms with Gasteiger partial charge >= 0.3 is 0 Å². The molecule has 1 atom stereocenters. The van der Waals surface area contributed by atoms with Crippen LogP contribution in [0.25, 0.3) is 0 Å². The standard InChI is InChI=1S/C22H23N3O3/c23-20(26)16-10-12-24(13-11-16)22(28)19(15-6-2-1-3-7-15)25-14-17-8-4-5-9-18(17)21(25)27/h1-9,16,19H,10-14H2,(H2,23,26)/t19-/m1/s1. The molecule has 0 aliphatic carbocycles. The van der Waals surface area contributed by atoms with E-state index in [-0.39, 0.29) is 23.6 Å². The summed E-state index contributed by atoms with van der Waals surface area (Å²) < 4.78 is 0. The molecule has 144 valence electrons. The number of nitrogens with two attached hydrogens (primary N) is 1. The van der Waals surface area contributed by atoms with Crippen LogP contribution in [-0.2, 0) is 16.1 Å². The van der Waals surface area contributed by atoms with Crippen LogP contribution in [0.3, 0.4) is 0 Å². The van der Waals surface area contributed by atoms with Gasteiger partial charge in [-0.1, -0.05) is 48.5 Å². The highest BCUT2D eigenvalue weighted by molar-refractivity contribution is 6.01. The third-order valence-electron chi connectivity index (χ3n) is 5.72. The maximum atomic E-state index is 13.5. The van der Waals surface area contributed by atoms with Gasteiger partial charge in [-0.15, -0.1) is 0 Å². The Balaban J connectivity index is 1.62. The minimum atomic E-state index is -0.675. The van der Waals surface area contributed by atoms with Crippen molar-refractivity contribution in [1.29, 1.82) is 0 Å². The number of benzene rings is 2. The summed E-state index contributed by atoms with van der Waals surface area (Å²) in [7, 11) is 0. The minimum Gasteiger partial charge on any atom is -0.369 e. The minimum absolute atomic E-state index is 0.102. The molecular formula is C22H23N3O3. The molecule has 2 aromatic carbocycles. The second-order valence-corrected chi connectivity index (χ2v) is 7.41. The molecule has 0 radical (unpaired) electrons. The molecule has 2 aliphatic rings. The molecule has 0 unspecified atom stereocenters. The summed E-state index contributed by atoms with van der Waals surface area (Å²) >= 11 is 0. The van der Waals surface area contributed by atoms with Crippen molar-refractivity contribution in [3.05, 3.63) is 71.3 Å². The van der Waals surface area contributed by atoms with E-state index in [1.165, 1.54) is 0 Å². The largest absolute Gasteiger partial charge is 0.369 e. The van der Waals surface area contributed by atoms with E-state index in [2.05, 4.69) is 0 Å². The molecular weight excluding hydrogens is 354 g/mol. The maximum absolute atomic E-state index is 13.5. The first kappa shape index (κ1) is 18.2. The predicted molar refractivity (Wildman–Crippen MR) is 104 cm³/mol. The van der Waals surface area contributed by atoms with Gasteiger partial charge in [0.25, 0.3) is 5.91 Å². The van der Waals surface area contributed by atoms with E-state index in [0.717, 1.165) is 11.1 Å². The molecule has 4 rings (SSSR count). The van der Waals surface area contributed by atoms with Crippen LogP contribution in [0.15, 0.2) is 54.6 Å². The van der Waals surface area contributed by atoms with Crippen molar-refractivity contribution in [2.45, 2.75) is 25.4 Å². The summed E-state index contributed by atoms with van der Waals surface area (Å²) in [5, 5.41) is 0. The first-order chi connectivity index (χ1) is 13.6. The molecule has 2 aromatic rings. The van der Waals surface area contributed by atoms with Gasteiger partial charge < -0.3 is 15.5 Å². The lowest BCUT2D eigenvalue weighted by Gasteiger charge is -2.36. The van der Waals surface area contributed by atoms with Gasteiger partial charge in [-0.2, -0.15) is 0 Å². The summed E-state index contributed by atoms with van der Waals surface area (Å²) in [6.07, 6.45) is 1.13. The molecule has 3 amide bonds. The average Bonchev–Trinajstić information content (AvgIpc) is 3.05. The van der Waals surface area contributed by atoms with E-state index in [4.69, 9.17) is 5.73 Å². The Kier molecular flexibility index (Phi) is 4.86. The Bertz CT molecular complexity index is 904. The van der Waals surface area contributed by atoms with E-state index < -0.39 is 6.04 Å². The fourth-order valence-corrected chi connectivity index (χ4v) is 4.13. The molecule has 6 nitrogen and oxygen atoms in total. The first-order valence-electron chi connectivity index (χ1n) is 9.58. The van der Waals surface area contributed by atoms with Crippen molar-refractivity contribution in [3.8, 4) is 0 Å². The number of nitrogens with zero attached hydrogens (tertiary/aromatic N) is 2. The molecule has 28 heavy (non-hydrogen) atoms. The third-order valence-corrected chi connectivity index (χ3v) is 5.72. The highest BCUT2D eigenvalue weighted by Crippen LogP contribution is 2.33. The topological polar surface area (TPSA) is 83.7 Å². The fraction of sp³-hybridized carbons (Fsp3) is 0.318. The lowest BCUT2D eigenvalue weighted by molar-refractivity contribution is -0.139. The van der Waals surface area contributed by atoms with Crippen LogP contribution >= 0.6 is 0 Å². The Morgan fingerprint density at radius 1 is 0.964 bits per heavy atom. The highest BCUT2D eigenvalue weighted by atomic mass is 16.2. The van der Waals surface area contributed by atoms with Crippen molar-refractivity contribution >= 4 is 17.7 Å². The van der Waals surface area contributed by atoms with Crippen LogP contribution in [-0.4, -0.2) is 40.6 Å². The van der Waals surface area contributed by atoms with Crippen molar-refractivity contribution in [1.82, 2.24) is 9.80 Å². The van der Waals surface area contributed by atoms with Gasteiger partial charge in [0.05, 0.1) is 0 Å². The van der Waals surface area contributed by atoms with Crippen LogP contribution in [0.2, 0.25) is 0 Å². The Morgan fingerprint density at radius 3 is 2.25 bits per heavy atom. The molecule has 6 heteroatoms. The summed E-state index contributed by atoms with van der Waals surface area (Å²) in [4.78, 5) is 41.4. The monoisotopic (exact) mass is 377 g/mol. The van der Waals surface area contributed by atoms with Crippen molar-refractivity contribution < 1.29 is 14.4 Å². The van der Waals surface area contributed by atoms with Crippen molar-refractivity contribution in [2.24, 2.45) is 11.7 Å². The Hall–Kier alpha value is -3.15. The normalized spacial score (nSPS) is 18.1. The molecule has 0 bridgehead atoms. The molecule has 0 aromatic heterocycles. The van der Waals surface area contributed by atoms with Crippen LogP contribution in [0.4, 0.5) is 0 Å². The Morgan fingerprint density at radius 2 is 1.61 bits per heavy atom. The van der Waals surface area contributed by atoms with E-state index in [9.17, 15) is 14.4 Å². The number of carbonyl (C=O) groups is 3. The molecule has 0 spiro atoms. The van der Waals surface area contributed by atoms with Gasteiger partial charge in [0.2, 0.25) is 11.8 Å². The zero-order valence-corrected chi connectivity index (χ0v) is 15.6. The molecule has 2 heterocycles. The van der Waals surface area contributed by atoms with Crippen LogP contribution < -0.4 is 5.73 Å². The summed E-state index contributed by atoms with van der Waals surface area (Å²) in [6.45, 7) is 1.37. The Labute approximate surface area is 163 Å². The van der Waals surface area contributed by atoms with E-state index in [1.807, 2.05) is 54.6 Å². The summed E-state index contributed by atoms with van der Waals surface area (Å²) in [5.74, 6) is -0.714. The molecule has 2 N–H and O–H groups in total. The number of amides is 3. The lowest BCUT2D eigenvalue weighted by Crippen LogP contribution is -2.47. The number of hydrogen-bond donors (Lipinski definition) is 1. The van der Waals surface area contributed by atoms with Crippen molar-refractivity contribution in [3.63, 3.8) is 0 Å². The van der Waals surface area contributed by atoms with Crippen LogP contribution in [0.1, 0.15) is 40.4 Å². The number of primary amides is 1. The van der Waals surface area contributed by atoms with Gasteiger partial charge in [0.15, 0.2) is 0 Å². The van der Waals surface area contributed by atoms with Crippen LogP contribution in [0, 0.1) is 5.92 Å². The SMILES string of the molecule is NC(=O)C1CCN(C(=O)[C@@H](c2ccccc2)N2Cc3ccccc3C2=O)CC1. The van der Waals surface area contributed by atoms with Crippen LogP contribution in [0.5, 0.6) is 0 Å². The first-order valence-corrected chi connectivity index (χ1v) is 9.58. The second kappa shape index (κ2) is 7.46. The summed E-state index contributed by atoms with van der Waals surface area (Å²) in [6, 6.07) is 16.2.